The summed E-state index contributed by atoms with van der Waals surface area (Å²) < 4.78 is 5.51. The first kappa shape index (κ1) is 17.0. The van der Waals surface area contributed by atoms with E-state index in [1.807, 2.05) is 12.1 Å². The lowest BCUT2D eigenvalue weighted by molar-refractivity contribution is -0.141. The Kier molecular flexibility index (Phi) is 4.70. The maximum absolute atomic E-state index is 12.4. The number of ether oxygens (including phenoxy) is 1. The Labute approximate surface area is 145 Å². The Bertz CT molecular complexity index is 819. The smallest absolute Gasteiger partial charge is 0.308 e. The van der Waals surface area contributed by atoms with E-state index in [0.717, 1.165) is 28.9 Å². The number of carbonyl (C=O) groups is 2. The summed E-state index contributed by atoms with van der Waals surface area (Å²) in [7, 11) is 0. The van der Waals surface area contributed by atoms with Gasteiger partial charge in [-0.25, -0.2) is 0 Å². The number of carbonyl (C=O) groups excluding carboxylic acids is 1. The highest BCUT2D eigenvalue weighted by Gasteiger charge is 2.22. The number of amides is 1. The third kappa shape index (κ3) is 3.63. The molecule has 0 saturated heterocycles. The molecule has 0 bridgehead atoms. The quantitative estimate of drug-likeness (QED) is 0.873. The molecule has 2 unspecified atom stereocenters. The molecule has 6 nitrogen and oxygen atoms in total. The second-order valence-electron chi connectivity index (χ2n) is 6.27. The number of nitrogens with zero attached hydrogens (tertiary/aromatic N) is 1. The minimum absolute atomic E-state index is 0.334. The van der Waals surface area contributed by atoms with Gasteiger partial charge in [-0.05, 0) is 43.2 Å². The second-order valence-corrected chi connectivity index (χ2v) is 6.27. The Morgan fingerprint density at radius 1 is 1.20 bits per heavy atom. The van der Waals surface area contributed by atoms with Gasteiger partial charge in [0.2, 0.25) is 0 Å². The van der Waals surface area contributed by atoms with Gasteiger partial charge < -0.3 is 15.2 Å². The van der Waals surface area contributed by atoms with Gasteiger partial charge in [-0.2, -0.15) is 0 Å². The molecule has 0 saturated carbocycles. The maximum Gasteiger partial charge on any atom is 0.308 e. The highest BCUT2D eigenvalue weighted by atomic mass is 16.5. The maximum atomic E-state index is 12.4. The number of nitrogens with one attached hydrogen (secondary N) is 1. The number of hydrogen-bond acceptors (Lipinski definition) is 4. The van der Waals surface area contributed by atoms with Crippen molar-refractivity contribution in [3.8, 4) is 16.9 Å². The van der Waals surface area contributed by atoms with E-state index < -0.39 is 17.9 Å². The average Bonchev–Trinajstić information content (AvgIpc) is 3.08. The van der Waals surface area contributed by atoms with Gasteiger partial charge in [0.15, 0.2) is 0 Å². The zero-order valence-electron chi connectivity index (χ0n) is 14.2. The predicted molar refractivity (Wildman–Crippen MR) is 92.6 cm³/mol. The molecule has 1 amide bonds. The van der Waals surface area contributed by atoms with Gasteiger partial charge in [-0.3, -0.25) is 14.6 Å². The molecule has 1 aliphatic heterocycles. The van der Waals surface area contributed by atoms with Crippen LogP contribution in [0.3, 0.4) is 0 Å². The van der Waals surface area contributed by atoms with Crippen molar-refractivity contribution in [3.05, 3.63) is 47.8 Å². The van der Waals surface area contributed by atoms with Crippen LogP contribution >= 0.6 is 0 Å². The van der Waals surface area contributed by atoms with Crippen LogP contribution in [0.2, 0.25) is 0 Å². The van der Waals surface area contributed by atoms with Crippen molar-refractivity contribution >= 4 is 11.9 Å². The van der Waals surface area contributed by atoms with Crippen molar-refractivity contribution in [2.24, 2.45) is 5.92 Å². The van der Waals surface area contributed by atoms with Gasteiger partial charge in [0, 0.05) is 30.4 Å². The van der Waals surface area contributed by atoms with E-state index >= 15 is 0 Å². The SMILES string of the molecule is CC(NC(=O)c1cncc(-c2ccc3c(c2)CCO3)c1)C(C)C(=O)O. The number of carboxylic acid groups (broad SMARTS) is 1. The first-order chi connectivity index (χ1) is 12.0. The van der Waals surface area contributed by atoms with Gasteiger partial charge in [-0.15, -0.1) is 0 Å². The highest BCUT2D eigenvalue weighted by molar-refractivity contribution is 5.95. The van der Waals surface area contributed by atoms with E-state index in [0.29, 0.717) is 12.2 Å². The summed E-state index contributed by atoms with van der Waals surface area (Å²) in [4.78, 5) is 27.6. The minimum atomic E-state index is -0.944. The summed E-state index contributed by atoms with van der Waals surface area (Å²) in [5, 5.41) is 11.7. The van der Waals surface area contributed by atoms with Gasteiger partial charge in [0.25, 0.3) is 5.91 Å². The van der Waals surface area contributed by atoms with E-state index in [1.165, 1.54) is 6.20 Å². The van der Waals surface area contributed by atoms with Crippen LogP contribution in [0.25, 0.3) is 11.1 Å². The Hall–Kier alpha value is -2.89. The molecule has 2 atom stereocenters. The molecule has 0 fully saturated rings. The third-order valence-electron chi connectivity index (χ3n) is 4.52. The molecule has 2 heterocycles. The van der Waals surface area contributed by atoms with Crippen molar-refractivity contribution in [2.45, 2.75) is 26.3 Å². The molecule has 3 rings (SSSR count). The standard InChI is InChI=1S/C19H20N2O4/c1-11(19(23)24)12(2)21-18(22)16-8-15(9-20-10-16)13-3-4-17-14(7-13)5-6-25-17/h3-4,7-12H,5-6H2,1-2H3,(H,21,22)(H,23,24). The second kappa shape index (κ2) is 6.93. The predicted octanol–water partition coefficient (Wildman–Crippen LogP) is 2.52. The van der Waals surface area contributed by atoms with E-state index in [9.17, 15) is 9.59 Å². The molecular weight excluding hydrogens is 320 g/mol. The molecule has 130 valence electrons. The van der Waals surface area contributed by atoms with E-state index in [2.05, 4.69) is 16.4 Å². The van der Waals surface area contributed by atoms with Gasteiger partial charge >= 0.3 is 5.97 Å². The topological polar surface area (TPSA) is 88.5 Å². The molecule has 0 spiro atoms. The van der Waals surface area contributed by atoms with Crippen molar-refractivity contribution in [1.29, 1.82) is 0 Å². The summed E-state index contributed by atoms with van der Waals surface area (Å²) >= 11 is 0. The van der Waals surface area contributed by atoms with Crippen LogP contribution in [0.15, 0.2) is 36.7 Å². The Morgan fingerprint density at radius 2 is 2.00 bits per heavy atom. The fraction of sp³-hybridized carbons (Fsp3) is 0.316. The number of aliphatic carboxylic acids is 1. The molecule has 1 aromatic carbocycles. The van der Waals surface area contributed by atoms with Crippen molar-refractivity contribution < 1.29 is 19.4 Å². The number of benzene rings is 1. The van der Waals surface area contributed by atoms with Crippen LogP contribution in [0.1, 0.15) is 29.8 Å². The fourth-order valence-corrected chi connectivity index (χ4v) is 2.72. The molecule has 1 aliphatic rings. The third-order valence-corrected chi connectivity index (χ3v) is 4.52. The van der Waals surface area contributed by atoms with Crippen LogP contribution in [0.4, 0.5) is 0 Å². The van der Waals surface area contributed by atoms with Gasteiger partial charge in [-0.1, -0.05) is 6.07 Å². The van der Waals surface area contributed by atoms with Crippen molar-refractivity contribution in [3.63, 3.8) is 0 Å². The van der Waals surface area contributed by atoms with Gasteiger partial charge in [0.1, 0.15) is 5.75 Å². The van der Waals surface area contributed by atoms with Crippen LogP contribution in [0.5, 0.6) is 5.75 Å². The van der Waals surface area contributed by atoms with Crippen LogP contribution in [-0.4, -0.2) is 34.6 Å². The van der Waals surface area contributed by atoms with Crippen LogP contribution < -0.4 is 10.1 Å². The van der Waals surface area contributed by atoms with Crippen LogP contribution in [0, 0.1) is 5.92 Å². The lowest BCUT2D eigenvalue weighted by atomic mass is 10.0. The van der Waals surface area contributed by atoms with Crippen molar-refractivity contribution in [2.75, 3.05) is 6.61 Å². The number of carboxylic acids is 1. The van der Waals surface area contributed by atoms with Crippen molar-refractivity contribution in [1.82, 2.24) is 10.3 Å². The molecule has 2 aromatic rings. The molecule has 6 heteroatoms. The molecule has 0 radical (unpaired) electrons. The number of pyridine rings is 1. The summed E-state index contributed by atoms with van der Waals surface area (Å²) in [6.07, 6.45) is 4.06. The summed E-state index contributed by atoms with van der Waals surface area (Å²) in [5.74, 6) is -1.04. The number of fused-ring (bicyclic) bond motifs is 1. The monoisotopic (exact) mass is 340 g/mol. The highest BCUT2D eigenvalue weighted by Crippen LogP contribution is 2.30. The zero-order chi connectivity index (χ0) is 18.0. The first-order valence-corrected chi connectivity index (χ1v) is 8.20. The fourth-order valence-electron chi connectivity index (χ4n) is 2.72. The minimum Gasteiger partial charge on any atom is -0.493 e. The number of rotatable bonds is 5. The molecule has 1 aromatic heterocycles. The van der Waals surface area contributed by atoms with Crippen LogP contribution in [-0.2, 0) is 11.2 Å². The van der Waals surface area contributed by atoms with E-state index in [-0.39, 0.29) is 5.91 Å². The average molecular weight is 340 g/mol. The lowest BCUT2D eigenvalue weighted by Crippen LogP contribution is -2.40. The first-order valence-electron chi connectivity index (χ1n) is 8.20. The number of hydrogen-bond donors (Lipinski definition) is 2. The van der Waals surface area contributed by atoms with E-state index in [1.54, 1.807) is 26.1 Å². The summed E-state index contributed by atoms with van der Waals surface area (Å²) in [6, 6.07) is 7.21. The zero-order valence-corrected chi connectivity index (χ0v) is 14.2. The summed E-state index contributed by atoms with van der Waals surface area (Å²) in [5.41, 5.74) is 3.36. The van der Waals surface area contributed by atoms with E-state index in [4.69, 9.17) is 9.84 Å². The molecular formula is C19H20N2O4. The summed E-state index contributed by atoms with van der Waals surface area (Å²) in [6.45, 7) is 3.93. The largest absolute Gasteiger partial charge is 0.493 e. The van der Waals surface area contributed by atoms with Gasteiger partial charge in [0.05, 0.1) is 18.1 Å². The molecule has 0 aliphatic carbocycles. The Morgan fingerprint density at radius 3 is 2.76 bits per heavy atom. The Balaban J connectivity index is 1.79. The lowest BCUT2D eigenvalue weighted by Gasteiger charge is -2.17. The number of aromatic nitrogens is 1. The molecule has 25 heavy (non-hydrogen) atoms. The normalized spacial score (nSPS) is 15.0. The molecule has 2 N–H and O–H groups in total.